The zero-order chi connectivity index (χ0) is 99.2. The molecule has 724 valence electrons. The molecule has 4 heterocycles. The fourth-order valence-corrected chi connectivity index (χ4v) is 11.8. The van der Waals surface area contributed by atoms with Crippen LogP contribution in [0.2, 0.25) is 0 Å². The normalized spacial score (nSPS) is 23.1. The first kappa shape index (κ1) is 111. The number of hydrogen-bond acceptors (Lipinski definition) is 28. The lowest BCUT2D eigenvalue weighted by molar-refractivity contribution is -0.331. The molecule has 2 aliphatic carbocycles. The Labute approximate surface area is 717 Å². The van der Waals surface area contributed by atoms with Gasteiger partial charge in [-0.1, -0.05) is 102 Å². The quantitative estimate of drug-likeness (QED) is 0.0518. The summed E-state index contributed by atoms with van der Waals surface area (Å²) in [5.41, 5.74) is 29.9. The molecule has 2 aromatic heterocycles. The highest BCUT2D eigenvalue weighted by atomic mass is 19.4. The number of aliphatic carboxylic acids is 6. The van der Waals surface area contributed by atoms with Crippen molar-refractivity contribution >= 4 is 70.7 Å². The number of benzene rings is 4. The molecule has 0 radical (unpaired) electrons. The number of alkyl halides is 18. The van der Waals surface area contributed by atoms with Crippen LogP contribution in [-0.4, -0.2) is 300 Å². The van der Waals surface area contributed by atoms with Gasteiger partial charge >= 0.3 is 85.1 Å². The smallest absolute Gasteiger partial charge is 0.475 e. The maximum atomic E-state index is 15.0. The van der Waals surface area contributed by atoms with Gasteiger partial charge in [-0.2, -0.15) is 79.0 Å². The molecule has 2 saturated heterocycles. The number of carbonyl (C=O) groups is 10. The van der Waals surface area contributed by atoms with Crippen LogP contribution >= 0.6 is 0 Å². The number of aliphatic hydroxyl groups excluding tert-OH is 6. The number of para-hydroxylation sites is 1. The Hall–Kier alpha value is -11.8. The van der Waals surface area contributed by atoms with E-state index in [0.717, 1.165) is 27.8 Å². The predicted octanol–water partition coefficient (Wildman–Crippen LogP) is 3.04. The van der Waals surface area contributed by atoms with Crippen molar-refractivity contribution in [2.45, 2.75) is 206 Å². The van der Waals surface area contributed by atoms with Gasteiger partial charge in [0.15, 0.2) is 12.6 Å². The molecule has 1 saturated carbocycles. The number of ether oxygens (including phenoxy) is 6. The number of carbonyl (C=O) groups excluding carboxylic acids is 4. The van der Waals surface area contributed by atoms with E-state index in [0.29, 0.717) is 16.5 Å². The standard InChI is InChI=1S/C61H77N11O16.6C2HF3O2/c1-61(2,3)88-60(82)72-26-31(33-15-11-12-20-43(33)72)21-41(55(79)66-25-30-13-5-4-6-14-30)67-56(80)42(68-59(81)83-29-38-36-18-9-7-16-34(36)35-17-8-10-19-37(35)38)22-32-27-71(70-69-32)28-45-47(73)46(65)49(75)57(85-45)86-53-39(63)23-40(64)54(52(53)78)87-58-51(77)50(76)48(74)44(24-62)84-58;6*3-2(4,5)1(6)7/h4-20,26-27,38-42,44-54,57-58,73-78H,21-25,28-29,62-65H2,1-3H3,(H,66,79)(H,67,80)(H,68,81);6*(H,6,7)/t39-,40+,41?,42?,44+,45+,46-,47+,48+,49+,50-,51+,52-,53+,54-,57+,58+;;;;;;/m0....../s1. The van der Waals surface area contributed by atoms with Crippen molar-refractivity contribution in [3.05, 3.63) is 143 Å². The highest BCUT2D eigenvalue weighted by Crippen LogP contribution is 2.45. The average molecular weight is 1900 g/mol. The number of halogens is 18. The van der Waals surface area contributed by atoms with E-state index in [2.05, 4.69) is 26.3 Å². The van der Waals surface area contributed by atoms with Crippen LogP contribution in [0.25, 0.3) is 22.0 Å². The second-order valence-electron chi connectivity index (χ2n) is 28.6. The summed E-state index contributed by atoms with van der Waals surface area (Å²) < 4.78 is 228. The molecule has 3 amide bonds. The summed E-state index contributed by atoms with van der Waals surface area (Å²) in [7, 11) is 0. The zero-order valence-corrected chi connectivity index (χ0v) is 66.6. The van der Waals surface area contributed by atoms with Crippen LogP contribution in [-0.2, 0) is 92.7 Å². The molecule has 6 aromatic rings. The van der Waals surface area contributed by atoms with Crippen molar-refractivity contribution in [3.8, 4) is 11.1 Å². The molecule has 4 aliphatic rings. The molecule has 2 aliphatic heterocycles. The van der Waals surface area contributed by atoms with Crippen molar-refractivity contribution in [3.63, 3.8) is 0 Å². The minimum absolute atomic E-state index is 0.0259. The van der Waals surface area contributed by atoms with Crippen molar-refractivity contribution in [2.75, 3.05) is 13.2 Å². The van der Waals surface area contributed by atoms with E-state index in [4.69, 9.17) is 111 Å². The zero-order valence-electron chi connectivity index (χ0n) is 66.6. The Kier molecular flexibility index (Phi) is 39.7. The second-order valence-corrected chi connectivity index (χ2v) is 28.6. The Morgan fingerprint density at radius 1 is 0.500 bits per heavy atom. The minimum atomic E-state index is -5.08. The number of hydrogen-bond donors (Lipinski definition) is 19. The van der Waals surface area contributed by atoms with Crippen LogP contribution in [0.1, 0.15) is 61.1 Å². The Balaban J connectivity index is 0.000000692. The van der Waals surface area contributed by atoms with E-state index in [1.807, 2.05) is 78.9 Å². The number of alkyl carbamates (subject to hydrolysis) is 1. The summed E-state index contributed by atoms with van der Waals surface area (Å²) in [5, 5.41) is 126. The number of nitrogens with one attached hydrogen (secondary N) is 3. The van der Waals surface area contributed by atoms with Crippen LogP contribution in [0, 0.1) is 0 Å². The lowest BCUT2D eigenvalue weighted by atomic mass is 9.84. The van der Waals surface area contributed by atoms with Gasteiger partial charge in [-0.15, -0.1) is 5.10 Å². The number of aliphatic hydroxyl groups is 6. The topological polar surface area (TPSA) is 645 Å². The number of nitrogens with two attached hydrogens (primary N) is 4. The molecular weight excluding hydrogens is 1820 g/mol. The van der Waals surface area contributed by atoms with Crippen LogP contribution in [0.15, 0.2) is 116 Å². The first-order valence-corrected chi connectivity index (χ1v) is 36.7. The second kappa shape index (κ2) is 46.7. The van der Waals surface area contributed by atoms with Gasteiger partial charge in [-0.3, -0.25) is 14.2 Å². The number of carboxylic acid groups (broad SMARTS) is 6. The molecule has 130 heavy (non-hydrogen) atoms. The molecule has 3 fully saturated rings. The first-order chi connectivity index (χ1) is 59.7. The van der Waals surface area contributed by atoms with Gasteiger partial charge in [0.1, 0.15) is 79.2 Å². The number of aromatic nitrogens is 4. The average Bonchev–Trinajstić information content (AvgIpc) is 1.67. The van der Waals surface area contributed by atoms with Crippen LogP contribution in [0.4, 0.5) is 88.6 Å². The molecule has 4 aromatic carbocycles. The van der Waals surface area contributed by atoms with Crippen LogP contribution in [0.3, 0.4) is 0 Å². The van der Waals surface area contributed by atoms with E-state index in [-0.39, 0.29) is 57.1 Å². The maximum Gasteiger partial charge on any atom is 0.490 e. The summed E-state index contributed by atoms with van der Waals surface area (Å²) in [6.45, 7) is 4.71. The highest BCUT2D eigenvalue weighted by molar-refractivity contribution is 5.95. The third-order valence-electron chi connectivity index (χ3n) is 17.8. The predicted molar refractivity (Wildman–Crippen MR) is 396 cm³/mol. The van der Waals surface area contributed by atoms with Crippen molar-refractivity contribution in [1.82, 2.24) is 35.5 Å². The lowest BCUT2D eigenvalue weighted by Gasteiger charge is -2.48. The molecular formula is C73H83F18N11O28. The van der Waals surface area contributed by atoms with Gasteiger partial charge in [0, 0.05) is 61.7 Å². The SMILES string of the molecule is CC(C)(C)OC(=O)n1cc(CC(NC(=O)C(Cc2cn(C[C@H]3O[C@H](O[C@H]4[C@H](O)[C@@H](O[C@H]5O[C@H](CN)[C@@H](O)[C@H](O)[C@H]5O)[C@H](N)C[C@@H]4N)[C@H](O)[C@@H](N)[C@@H]3O)nn2)NC(=O)OCC2c3ccccc3-c3ccccc32)C(=O)NCc2ccccc2)c2ccccc21.O=C(O)C(F)(F)F.O=C(O)C(F)(F)F.O=C(O)C(F)(F)F.O=C(O)C(F)(F)F.O=C(O)C(F)(F)F.O=C(O)C(F)(F)F. The number of nitrogens with zero attached hydrogens (tertiary/aromatic N) is 4. The molecule has 57 heteroatoms. The fraction of sp³-hybridized carbons (Fsp3) is 0.479. The number of carboxylic acids is 6. The fourth-order valence-electron chi connectivity index (χ4n) is 11.8. The molecule has 39 nitrogen and oxygen atoms in total. The van der Waals surface area contributed by atoms with E-state index in [1.165, 1.54) is 15.4 Å². The Morgan fingerprint density at radius 2 is 0.915 bits per heavy atom. The number of fused-ring (bicyclic) bond motifs is 4. The molecule has 2 unspecified atom stereocenters. The van der Waals surface area contributed by atoms with Gasteiger partial charge in [-0.05, 0) is 66.6 Å². The largest absolute Gasteiger partial charge is 0.490 e. The van der Waals surface area contributed by atoms with E-state index in [1.54, 1.807) is 51.2 Å². The summed E-state index contributed by atoms with van der Waals surface area (Å²) >= 11 is 0. The molecule has 0 spiro atoms. The Bertz CT molecular complexity index is 4560. The Morgan fingerprint density at radius 3 is 1.36 bits per heavy atom. The van der Waals surface area contributed by atoms with Crippen LogP contribution in [0.5, 0.6) is 0 Å². The highest BCUT2D eigenvalue weighted by Gasteiger charge is 2.53. The van der Waals surface area contributed by atoms with Gasteiger partial charge in [0.25, 0.3) is 0 Å². The van der Waals surface area contributed by atoms with Crippen molar-refractivity contribution < 1.29 is 217 Å². The van der Waals surface area contributed by atoms with E-state index in [9.17, 15) is 129 Å². The van der Waals surface area contributed by atoms with Crippen molar-refractivity contribution in [1.29, 1.82) is 0 Å². The van der Waals surface area contributed by atoms with Gasteiger partial charge < -0.3 is 129 Å². The third-order valence-corrected chi connectivity index (χ3v) is 17.8. The third kappa shape index (κ3) is 33.3. The van der Waals surface area contributed by atoms with Crippen molar-refractivity contribution in [2.24, 2.45) is 22.9 Å². The van der Waals surface area contributed by atoms with Gasteiger partial charge in [-0.25, -0.2) is 43.0 Å². The summed E-state index contributed by atoms with van der Waals surface area (Å²) in [6, 6.07) is 25.7. The van der Waals surface area contributed by atoms with Crippen LogP contribution < -0.4 is 38.9 Å². The molecule has 0 bridgehead atoms. The first-order valence-electron chi connectivity index (χ1n) is 36.7. The van der Waals surface area contributed by atoms with Gasteiger partial charge in [0.05, 0.1) is 29.9 Å². The number of rotatable bonds is 19. The summed E-state index contributed by atoms with van der Waals surface area (Å²) in [6.07, 6.45) is -47.9. The van der Waals surface area contributed by atoms with E-state index < -0.39 is 206 Å². The molecule has 10 rings (SSSR count). The minimum Gasteiger partial charge on any atom is -0.475 e. The summed E-state index contributed by atoms with van der Waals surface area (Å²) in [4.78, 5) is 111. The summed E-state index contributed by atoms with van der Waals surface area (Å²) in [5.74, 6) is -18.3. The lowest BCUT2D eigenvalue weighted by Crippen LogP contribution is -2.68. The monoisotopic (exact) mass is 1900 g/mol. The van der Waals surface area contributed by atoms with Gasteiger partial charge in [0.2, 0.25) is 11.8 Å². The van der Waals surface area contributed by atoms with E-state index >= 15 is 0 Å². The number of amides is 3. The molecule has 23 N–H and O–H groups in total. The molecule has 17 atom stereocenters. The maximum absolute atomic E-state index is 15.0.